The van der Waals surface area contributed by atoms with Crippen molar-refractivity contribution in [3.8, 4) is 0 Å². The second-order valence-electron chi connectivity index (χ2n) is 8.47. The monoisotopic (exact) mass is 413 g/mol. The van der Waals surface area contributed by atoms with Crippen LogP contribution in [0.5, 0.6) is 0 Å². The minimum atomic E-state index is -0.320. The lowest BCUT2D eigenvalue weighted by Gasteiger charge is -2.19. The first-order valence-electron chi connectivity index (χ1n) is 10.1. The zero-order chi connectivity index (χ0) is 22.4. The Bertz CT molecular complexity index is 1080. The van der Waals surface area contributed by atoms with Crippen molar-refractivity contribution in [2.75, 3.05) is 5.32 Å². The van der Waals surface area contributed by atoms with Crippen molar-refractivity contribution in [3.05, 3.63) is 101 Å². The molecule has 5 nitrogen and oxygen atoms in total. The van der Waals surface area contributed by atoms with Gasteiger partial charge in [0, 0.05) is 16.8 Å². The minimum absolute atomic E-state index is 0.0373. The van der Waals surface area contributed by atoms with E-state index in [9.17, 15) is 9.59 Å². The molecule has 0 aromatic heterocycles. The molecule has 0 radical (unpaired) electrons. The summed E-state index contributed by atoms with van der Waals surface area (Å²) in [6.45, 7) is 8.41. The number of benzene rings is 3. The standard InChI is InChI=1S/C26H27N3O2/c1-18-5-7-19(8-6-18)17-27-29-25(31)21-11-15-23(16-12-21)28-24(30)20-9-13-22(14-10-20)26(2,3)4/h5-17H,1-4H3,(H,28,30)(H,29,31)/b27-17+. The van der Waals surface area contributed by atoms with Gasteiger partial charge in [0.05, 0.1) is 6.21 Å². The molecule has 0 aliphatic carbocycles. The van der Waals surface area contributed by atoms with Crippen LogP contribution in [0.15, 0.2) is 77.9 Å². The van der Waals surface area contributed by atoms with Crippen LogP contribution < -0.4 is 10.7 Å². The van der Waals surface area contributed by atoms with Gasteiger partial charge in [-0.2, -0.15) is 5.10 Å². The van der Waals surface area contributed by atoms with Gasteiger partial charge >= 0.3 is 0 Å². The van der Waals surface area contributed by atoms with Crippen LogP contribution in [0.4, 0.5) is 5.69 Å². The molecule has 5 heteroatoms. The molecule has 0 spiro atoms. The van der Waals surface area contributed by atoms with Crippen LogP contribution in [0.25, 0.3) is 0 Å². The Balaban J connectivity index is 1.57. The predicted molar refractivity (Wildman–Crippen MR) is 126 cm³/mol. The van der Waals surface area contributed by atoms with Crippen LogP contribution in [-0.4, -0.2) is 18.0 Å². The average molecular weight is 414 g/mol. The molecule has 0 aliphatic rings. The summed E-state index contributed by atoms with van der Waals surface area (Å²) in [5.74, 6) is -0.514. The molecule has 0 fully saturated rings. The maximum atomic E-state index is 12.5. The molecular weight excluding hydrogens is 386 g/mol. The van der Waals surface area contributed by atoms with Crippen molar-refractivity contribution in [3.63, 3.8) is 0 Å². The third-order valence-electron chi connectivity index (χ3n) is 4.88. The molecule has 0 saturated carbocycles. The highest BCUT2D eigenvalue weighted by Crippen LogP contribution is 2.22. The van der Waals surface area contributed by atoms with E-state index in [0.29, 0.717) is 16.8 Å². The molecule has 0 unspecified atom stereocenters. The Labute approximate surface area is 183 Å². The predicted octanol–water partition coefficient (Wildman–Crippen LogP) is 5.31. The number of carbonyl (C=O) groups excluding carboxylic acids is 2. The lowest BCUT2D eigenvalue weighted by Crippen LogP contribution is -2.18. The van der Waals surface area contributed by atoms with E-state index >= 15 is 0 Å². The van der Waals surface area contributed by atoms with Crippen LogP contribution in [0.2, 0.25) is 0 Å². The minimum Gasteiger partial charge on any atom is -0.322 e. The summed E-state index contributed by atoms with van der Waals surface area (Å²) in [6, 6.07) is 22.1. The van der Waals surface area contributed by atoms with E-state index in [1.165, 1.54) is 5.56 Å². The van der Waals surface area contributed by atoms with Gasteiger partial charge in [-0.3, -0.25) is 9.59 Å². The molecular formula is C26H27N3O2. The van der Waals surface area contributed by atoms with E-state index in [0.717, 1.165) is 11.1 Å². The lowest BCUT2D eigenvalue weighted by atomic mass is 9.87. The second kappa shape index (κ2) is 9.39. The SMILES string of the molecule is Cc1ccc(/C=N/NC(=O)c2ccc(NC(=O)c3ccc(C(C)(C)C)cc3)cc2)cc1. The summed E-state index contributed by atoms with van der Waals surface area (Å²) in [4.78, 5) is 24.7. The number of amides is 2. The number of hydrogen-bond donors (Lipinski definition) is 2. The van der Waals surface area contributed by atoms with E-state index in [1.54, 1.807) is 30.5 Å². The Kier molecular flexibility index (Phi) is 6.65. The van der Waals surface area contributed by atoms with Crippen LogP contribution >= 0.6 is 0 Å². The van der Waals surface area contributed by atoms with Crippen LogP contribution in [0, 0.1) is 6.92 Å². The molecule has 2 amide bonds. The summed E-state index contributed by atoms with van der Waals surface area (Å²) in [7, 11) is 0. The van der Waals surface area contributed by atoms with Gasteiger partial charge in [-0.05, 0) is 59.9 Å². The molecule has 3 aromatic rings. The number of nitrogens with one attached hydrogen (secondary N) is 2. The summed E-state index contributed by atoms with van der Waals surface area (Å²) in [5.41, 5.74) is 7.43. The first-order valence-corrected chi connectivity index (χ1v) is 10.1. The van der Waals surface area contributed by atoms with E-state index < -0.39 is 0 Å². The fourth-order valence-electron chi connectivity index (χ4n) is 2.91. The summed E-state index contributed by atoms with van der Waals surface area (Å²) in [6.07, 6.45) is 1.59. The van der Waals surface area contributed by atoms with Crippen molar-refractivity contribution in [1.29, 1.82) is 0 Å². The number of hydrazone groups is 1. The first-order chi connectivity index (χ1) is 14.7. The molecule has 0 saturated heterocycles. The highest BCUT2D eigenvalue weighted by Gasteiger charge is 2.14. The van der Waals surface area contributed by atoms with Gasteiger partial charge < -0.3 is 5.32 Å². The fraction of sp³-hybridized carbons (Fsp3) is 0.192. The van der Waals surface area contributed by atoms with E-state index in [-0.39, 0.29) is 17.2 Å². The quantitative estimate of drug-likeness (QED) is 0.440. The molecule has 0 atom stereocenters. The third kappa shape index (κ3) is 6.12. The Morgan fingerprint density at radius 1 is 0.774 bits per heavy atom. The average Bonchev–Trinajstić information content (AvgIpc) is 2.75. The topological polar surface area (TPSA) is 70.6 Å². The molecule has 0 bridgehead atoms. The van der Waals surface area contributed by atoms with E-state index in [4.69, 9.17) is 0 Å². The van der Waals surface area contributed by atoms with Crippen molar-refractivity contribution in [2.24, 2.45) is 5.10 Å². The Morgan fingerprint density at radius 2 is 1.32 bits per heavy atom. The third-order valence-corrected chi connectivity index (χ3v) is 4.88. The number of aryl methyl sites for hydroxylation is 1. The Morgan fingerprint density at radius 3 is 1.90 bits per heavy atom. The van der Waals surface area contributed by atoms with Crippen molar-refractivity contribution in [2.45, 2.75) is 33.1 Å². The first kappa shape index (κ1) is 22.0. The van der Waals surface area contributed by atoms with Crippen molar-refractivity contribution >= 4 is 23.7 Å². The van der Waals surface area contributed by atoms with E-state index in [1.807, 2.05) is 55.5 Å². The van der Waals surface area contributed by atoms with Gasteiger partial charge in [-0.1, -0.05) is 62.7 Å². The molecule has 3 rings (SSSR count). The van der Waals surface area contributed by atoms with Crippen LogP contribution in [0.1, 0.15) is 58.2 Å². The fourth-order valence-corrected chi connectivity index (χ4v) is 2.91. The lowest BCUT2D eigenvalue weighted by molar-refractivity contribution is 0.0954. The molecule has 3 aromatic carbocycles. The van der Waals surface area contributed by atoms with Gasteiger partial charge in [0.25, 0.3) is 11.8 Å². The smallest absolute Gasteiger partial charge is 0.271 e. The molecule has 0 heterocycles. The summed E-state index contributed by atoms with van der Waals surface area (Å²) in [5, 5.41) is 6.84. The number of nitrogens with zero attached hydrogens (tertiary/aromatic N) is 1. The number of hydrogen-bond acceptors (Lipinski definition) is 3. The number of rotatable bonds is 5. The summed E-state index contributed by atoms with van der Waals surface area (Å²) >= 11 is 0. The van der Waals surface area contributed by atoms with Gasteiger partial charge in [0.2, 0.25) is 0 Å². The van der Waals surface area contributed by atoms with Gasteiger partial charge in [-0.15, -0.1) is 0 Å². The van der Waals surface area contributed by atoms with E-state index in [2.05, 4.69) is 36.6 Å². The molecule has 0 aliphatic heterocycles. The molecule has 31 heavy (non-hydrogen) atoms. The van der Waals surface area contributed by atoms with Crippen LogP contribution in [-0.2, 0) is 5.41 Å². The molecule has 158 valence electrons. The van der Waals surface area contributed by atoms with Gasteiger partial charge in [0.15, 0.2) is 0 Å². The van der Waals surface area contributed by atoms with Crippen molar-refractivity contribution in [1.82, 2.24) is 5.43 Å². The van der Waals surface area contributed by atoms with Gasteiger partial charge in [0.1, 0.15) is 0 Å². The Hall–Kier alpha value is -3.73. The van der Waals surface area contributed by atoms with Crippen molar-refractivity contribution < 1.29 is 9.59 Å². The summed E-state index contributed by atoms with van der Waals surface area (Å²) < 4.78 is 0. The highest BCUT2D eigenvalue weighted by atomic mass is 16.2. The maximum absolute atomic E-state index is 12.5. The largest absolute Gasteiger partial charge is 0.322 e. The zero-order valence-electron chi connectivity index (χ0n) is 18.3. The number of carbonyl (C=O) groups is 2. The number of anilines is 1. The van der Waals surface area contributed by atoms with Crippen LogP contribution in [0.3, 0.4) is 0 Å². The highest BCUT2D eigenvalue weighted by molar-refractivity contribution is 6.04. The normalized spacial score (nSPS) is 11.4. The zero-order valence-corrected chi connectivity index (χ0v) is 18.3. The maximum Gasteiger partial charge on any atom is 0.271 e. The second-order valence-corrected chi connectivity index (χ2v) is 8.47. The molecule has 2 N–H and O–H groups in total. The van der Waals surface area contributed by atoms with Gasteiger partial charge in [-0.25, -0.2) is 5.43 Å².